The number of amides is 1. The largest absolute Gasteiger partial charge is 0.340 e. The van der Waals surface area contributed by atoms with Crippen molar-refractivity contribution in [1.82, 2.24) is 24.6 Å². The Morgan fingerprint density at radius 1 is 1.26 bits per heavy atom. The lowest BCUT2D eigenvalue weighted by Gasteiger charge is -2.34. The van der Waals surface area contributed by atoms with E-state index in [1.165, 1.54) is 5.56 Å². The Morgan fingerprint density at radius 3 is 2.59 bits per heavy atom. The number of aromatic nitrogens is 3. The van der Waals surface area contributed by atoms with Gasteiger partial charge in [-0.25, -0.2) is 0 Å². The zero-order valence-electron chi connectivity index (χ0n) is 15.7. The molecule has 27 heavy (non-hydrogen) atoms. The first-order chi connectivity index (χ1) is 13.0. The predicted molar refractivity (Wildman–Crippen MR) is 99.1 cm³/mol. The van der Waals surface area contributed by atoms with E-state index >= 15 is 0 Å². The van der Waals surface area contributed by atoms with Crippen LogP contribution in [0.4, 0.5) is 5.69 Å². The Balaban J connectivity index is 1.49. The second kappa shape index (κ2) is 8.26. The number of piperazine rings is 1. The Labute approximate surface area is 157 Å². The van der Waals surface area contributed by atoms with E-state index in [-0.39, 0.29) is 11.6 Å². The van der Waals surface area contributed by atoms with E-state index in [1.54, 1.807) is 24.7 Å². The van der Waals surface area contributed by atoms with Gasteiger partial charge in [-0.3, -0.25) is 29.5 Å². The molecule has 0 aliphatic carbocycles. The zero-order chi connectivity index (χ0) is 19.4. The fourth-order valence-corrected chi connectivity index (χ4v) is 3.43. The van der Waals surface area contributed by atoms with Crippen molar-refractivity contribution in [3.8, 4) is 0 Å². The minimum Gasteiger partial charge on any atom is -0.340 e. The van der Waals surface area contributed by atoms with Gasteiger partial charge < -0.3 is 4.90 Å². The Morgan fingerprint density at radius 2 is 2.00 bits per heavy atom. The smallest absolute Gasteiger partial charge is 0.312 e. The standard InChI is InChI=1S/C18H24N6O3/c1-14-18(24(26)27)15(2)23(20-14)7-5-17(25)22-10-8-21(9-11-22)13-16-4-3-6-19-12-16/h3-4,6,12H,5,7-11,13H2,1-2H3. The second-order valence-electron chi connectivity index (χ2n) is 6.77. The van der Waals surface area contributed by atoms with Gasteiger partial charge in [0.25, 0.3) is 0 Å². The van der Waals surface area contributed by atoms with E-state index < -0.39 is 4.92 Å². The highest BCUT2D eigenvalue weighted by Crippen LogP contribution is 2.22. The molecule has 0 unspecified atom stereocenters. The van der Waals surface area contributed by atoms with Crippen molar-refractivity contribution in [3.63, 3.8) is 0 Å². The summed E-state index contributed by atoms with van der Waals surface area (Å²) in [4.78, 5) is 31.5. The quantitative estimate of drug-likeness (QED) is 0.563. The molecule has 1 aliphatic rings. The highest BCUT2D eigenvalue weighted by molar-refractivity contribution is 5.76. The molecule has 1 saturated heterocycles. The summed E-state index contributed by atoms with van der Waals surface area (Å²) in [5.74, 6) is 0.0613. The van der Waals surface area contributed by atoms with Gasteiger partial charge in [-0.05, 0) is 25.5 Å². The number of aryl methyl sites for hydroxylation is 2. The van der Waals surface area contributed by atoms with Gasteiger partial charge in [0.1, 0.15) is 11.4 Å². The molecule has 0 aromatic carbocycles. The van der Waals surface area contributed by atoms with Crippen LogP contribution in [0.1, 0.15) is 23.4 Å². The average Bonchev–Trinajstić information content (AvgIpc) is 2.94. The Hall–Kier alpha value is -2.81. The van der Waals surface area contributed by atoms with Crippen LogP contribution in [0.3, 0.4) is 0 Å². The van der Waals surface area contributed by atoms with E-state index in [4.69, 9.17) is 0 Å². The zero-order valence-corrected chi connectivity index (χ0v) is 15.7. The number of carbonyl (C=O) groups excluding carboxylic acids is 1. The van der Waals surface area contributed by atoms with E-state index in [1.807, 2.05) is 17.2 Å². The highest BCUT2D eigenvalue weighted by atomic mass is 16.6. The van der Waals surface area contributed by atoms with Gasteiger partial charge in [0, 0.05) is 51.5 Å². The van der Waals surface area contributed by atoms with E-state index in [0.29, 0.717) is 37.4 Å². The van der Waals surface area contributed by atoms with Crippen LogP contribution in [-0.2, 0) is 17.9 Å². The lowest BCUT2D eigenvalue weighted by molar-refractivity contribution is -0.386. The minimum absolute atomic E-state index is 0.0338. The monoisotopic (exact) mass is 372 g/mol. The third kappa shape index (κ3) is 4.48. The molecule has 9 heteroatoms. The maximum absolute atomic E-state index is 12.5. The van der Waals surface area contributed by atoms with Crippen LogP contribution >= 0.6 is 0 Å². The molecule has 9 nitrogen and oxygen atoms in total. The minimum atomic E-state index is -0.419. The summed E-state index contributed by atoms with van der Waals surface area (Å²) in [6.07, 6.45) is 3.92. The van der Waals surface area contributed by atoms with Gasteiger partial charge in [-0.2, -0.15) is 5.10 Å². The molecule has 144 valence electrons. The molecule has 0 N–H and O–H groups in total. The molecule has 0 radical (unpaired) electrons. The summed E-state index contributed by atoms with van der Waals surface area (Å²) < 4.78 is 1.56. The van der Waals surface area contributed by atoms with Gasteiger partial charge in [-0.1, -0.05) is 6.07 Å². The fraction of sp³-hybridized carbons (Fsp3) is 0.500. The molecule has 1 fully saturated rings. The number of hydrogen-bond donors (Lipinski definition) is 0. The summed E-state index contributed by atoms with van der Waals surface area (Å²) in [5, 5.41) is 15.3. The molecule has 1 aliphatic heterocycles. The van der Waals surface area contributed by atoms with Crippen molar-refractivity contribution >= 4 is 11.6 Å². The summed E-state index contributed by atoms with van der Waals surface area (Å²) in [5.41, 5.74) is 2.08. The van der Waals surface area contributed by atoms with Crippen molar-refractivity contribution < 1.29 is 9.72 Å². The molecule has 0 spiro atoms. The molecule has 0 saturated carbocycles. The Kier molecular flexibility index (Phi) is 5.80. The van der Waals surface area contributed by atoms with Crippen LogP contribution < -0.4 is 0 Å². The number of pyridine rings is 1. The fourth-order valence-electron chi connectivity index (χ4n) is 3.43. The first kappa shape index (κ1) is 19.0. The normalized spacial score (nSPS) is 15.1. The van der Waals surface area contributed by atoms with Crippen molar-refractivity contribution in [2.24, 2.45) is 0 Å². The molecular formula is C18H24N6O3. The van der Waals surface area contributed by atoms with Gasteiger partial charge >= 0.3 is 5.69 Å². The SMILES string of the molecule is Cc1nn(CCC(=O)N2CCN(Cc3cccnc3)CC2)c(C)c1[N+](=O)[O-]. The number of carbonyl (C=O) groups is 1. The van der Waals surface area contributed by atoms with Gasteiger partial charge in [-0.15, -0.1) is 0 Å². The van der Waals surface area contributed by atoms with Crippen molar-refractivity contribution in [1.29, 1.82) is 0 Å². The lowest BCUT2D eigenvalue weighted by atomic mass is 10.2. The van der Waals surface area contributed by atoms with Crippen LogP contribution in [-0.4, -0.2) is 61.6 Å². The molecule has 0 atom stereocenters. The number of nitrogens with zero attached hydrogens (tertiary/aromatic N) is 6. The van der Waals surface area contributed by atoms with Crippen LogP contribution in [0.15, 0.2) is 24.5 Å². The maximum atomic E-state index is 12.5. The predicted octanol–water partition coefficient (Wildman–Crippen LogP) is 1.54. The van der Waals surface area contributed by atoms with Crippen LogP contribution in [0.5, 0.6) is 0 Å². The van der Waals surface area contributed by atoms with Crippen molar-refractivity contribution in [2.75, 3.05) is 26.2 Å². The first-order valence-corrected chi connectivity index (χ1v) is 9.03. The number of nitro groups is 1. The van der Waals surface area contributed by atoms with Gasteiger partial charge in [0.15, 0.2) is 0 Å². The first-order valence-electron chi connectivity index (χ1n) is 9.03. The highest BCUT2D eigenvalue weighted by Gasteiger charge is 2.24. The van der Waals surface area contributed by atoms with Gasteiger partial charge in [0.2, 0.25) is 5.91 Å². The van der Waals surface area contributed by atoms with E-state index in [0.717, 1.165) is 19.6 Å². The molecule has 0 bridgehead atoms. The van der Waals surface area contributed by atoms with Crippen LogP contribution in [0.2, 0.25) is 0 Å². The van der Waals surface area contributed by atoms with Crippen molar-refractivity contribution in [3.05, 3.63) is 51.6 Å². The van der Waals surface area contributed by atoms with Gasteiger partial charge in [0.05, 0.1) is 11.5 Å². The van der Waals surface area contributed by atoms with Crippen LogP contribution in [0, 0.1) is 24.0 Å². The van der Waals surface area contributed by atoms with E-state index in [9.17, 15) is 14.9 Å². The molecule has 2 aromatic heterocycles. The van der Waals surface area contributed by atoms with Crippen molar-refractivity contribution in [2.45, 2.75) is 33.4 Å². The molecule has 2 aromatic rings. The molecule has 3 rings (SSSR count). The average molecular weight is 372 g/mol. The molecule has 3 heterocycles. The third-order valence-electron chi connectivity index (χ3n) is 4.92. The summed E-state index contributed by atoms with van der Waals surface area (Å²) >= 11 is 0. The van der Waals surface area contributed by atoms with Crippen LogP contribution in [0.25, 0.3) is 0 Å². The molecular weight excluding hydrogens is 348 g/mol. The summed E-state index contributed by atoms with van der Waals surface area (Å²) in [6, 6.07) is 3.98. The number of hydrogen-bond acceptors (Lipinski definition) is 6. The second-order valence-corrected chi connectivity index (χ2v) is 6.77. The topological polar surface area (TPSA) is 97.4 Å². The number of rotatable bonds is 6. The maximum Gasteiger partial charge on any atom is 0.312 e. The van der Waals surface area contributed by atoms with E-state index in [2.05, 4.69) is 21.0 Å². The molecule has 1 amide bonds. The Bertz CT molecular complexity index is 812. The summed E-state index contributed by atoms with van der Waals surface area (Å²) in [7, 11) is 0. The lowest BCUT2D eigenvalue weighted by Crippen LogP contribution is -2.48. The third-order valence-corrected chi connectivity index (χ3v) is 4.92. The summed E-state index contributed by atoms with van der Waals surface area (Å²) in [6.45, 7) is 7.51.